The normalized spacial score (nSPS) is 18.6. The van der Waals surface area contributed by atoms with Gasteiger partial charge in [-0.2, -0.15) is 4.39 Å². The van der Waals surface area contributed by atoms with E-state index in [-0.39, 0.29) is 62.9 Å². The molecule has 16 heteroatoms. The predicted molar refractivity (Wildman–Crippen MR) is 191 cm³/mol. The first-order chi connectivity index (χ1) is 25.3. The van der Waals surface area contributed by atoms with E-state index in [0.29, 0.717) is 34.9 Å². The molecule has 1 N–H and O–H groups in total. The molecule has 14 nitrogen and oxygen atoms in total. The van der Waals surface area contributed by atoms with Gasteiger partial charge < -0.3 is 38.4 Å². The van der Waals surface area contributed by atoms with Crippen LogP contribution in [0.4, 0.5) is 14.0 Å². The Morgan fingerprint density at radius 2 is 1.94 bits per heavy atom. The highest BCUT2D eigenvalue weighted by atomic mass is 32.1. The van der Waals surface area contributed by atoms with Crippen LogP contribution in [0.3, 0.4) is 0 Å². The van der Waals surface area contributed by atoms with Crippen molar-refractivity contribution in [1.29, 1.82) is 0 Å². The summed E-state index contributed by atoms with van der Waals surface area (Å²) in [5, 5.41) is 14.7. The molecule has 0 spiro atoms. The lowest BCUT2D eigenvalue weighted by Crippen LogP contribution is -2.65. The molecule has 1 unspecified atom stereocenters. The first kappa shape index (κ1) is 38.0. The number of nitrogens with zero attached hydrogens (tertiary/aromatic N) is 5. The van der Waals surface area contributed by atoms with E-state index in [0.717, 1.165) is 28.8 Å². The largest absolute Gasteiger partial charge is 0.496 e. The maximum absolute atomic E-state index is 15.0. The average Bonchev–Trinajstić information content (AvgIpc) is 3.73. The third-order valence-corrected chi connectivity index (χ3v) is 10.5. The lowest BCUT2D eigenvalue weighted by atomic mass is 9.83. The fourth-order valence-electron chi connectivity index (χ4n) is 6.80. The van der Waals surface area contributed by atoms with Crippen molar-refractivity contribution in [2.45, 2.75) is 97.2 Å². The van der Waals surface area contributed by atoms with Gasteiger partial charge in [-0.05, 0) is 74.9 Å². The van der Waals surface area contributed by atoms with Gasteiger partial charge in [0.1, 0.15) is 23.0 Å². The number of carbonyl (C=O) groups excluding carboxylic acids is 2. The number of fused-ring (bicyclic) bond motifs is 2. The van der Waals surface area contributed by atoms with Gasteiger partial charge in [0.05, 0.1) is 37.3 Å². The van der Waals surface area contributed by atoms with E-state index in [1.54, 1.807) is 41.0 Å². The zero-order valence-electron chi connectivity index (χ0n) is 30.8. The highest BCUT2D eigenvalue weighted by molar-refractivity contribution is 7.12. The van der Waals surface area contributed by atoms with Crippen LogP contribution >= 0.6 is 11.3 Å². The minimum Gasteiger partial charge on any atom is -0.496 e. The van der Waals surface area contributed by atoms with Crippen LogP contribution in [-0.2, 0) is 33.8 Å². The zero-order valence-corrected chi connectivity index (χ0v) is 31.7. The number of hydrogen-bond donors (Lipinski definition) is 1. The van der Waals surface area contributed by atoms with Crippen LogP contribution in [0.5, 0.6) is 11.6 Å². The average molecular weight is 756 g/mol. The summed E-state index contributed by atoms with van der Waals surface area (Å²) < 4.78 is 41.5. The molecule has 3 aliphatic rings. The molecule has 6 rings (SSSR count). The number of methoxy groups -OCH3 is 1. The third-order valence-electron chi connectivity index (χ3n) is 9.50. The number of rotatable bonds is 13. The van der Waals surface area contributed by atoms with Crippen LogP contribution in [0.1, 0.15) is 73.7 Å². The van der Waals surface area contributed by atoms with Crippen LogP contribution in [0, 0.1) is 12.7 Å². The van der Waals surface area contributed by atoms with Crippen molar-refractivity contribution in [2.24, 2.45) is 0 Å². The smallest absolute Gasteiger partial charge is 0.410 e. The van der Waals surface area contributed by atoms with Gasteiger partial charge in [0.15, 0.2) is 5.76 Å². The summed E-state index contributed by atoms with van der Waals surface area (Å²) in [5.41, 5.74) is 2.12. The Morgan fingerprint density at radius 3 is 2.60 bits per heavy atom. The maximum Gasteiger partial charge on any atom is 0.410 e. The summed E-state index contributed by atoms with van der Waals surface area (Å²) in [6.07, 6.45) is 2.17. The van der Waals surface area contributed by atoms with E-state index >= 15 is 4.79 Å². The molecule has 3 amide bonds. The van der Waals surface area contributed by atoms with Crippen molar-refractivity contribution < 1.29 is 47.4 Å². The number of amides is 3. The Labute approximate surface area is 311 Å². The SMILES string of the molecule is CCc1onc(OCCOCc2ncc(C3=C(C(=O)N(Cc4cccc(OC)c4C)C4CC4)[C@H]4CN(C(=O)OC(C)(C)C)CC(C3)N4C(=O)O)s2)c1F. The standard InChI is InChI=1S/C37H46FN5O9S/c1-7-27-32(38)33(40-52-27)50-14-13-49-20-30-39-16-29(53-30)25-15-24-18-41(36(47)51-37(3,4)5)19-26(43(24)35(45)46)31(25)34(44)42(23-11-12-23)17-22-9-8-10-28(48-6)21(22)2/h8-10,16,23-24,26H,7,11-15,17-20H2,1-6H3,(H,45,46)/t24?,26-/m1/s1. The molecule has 53 heavy (non-hydrogen) atoms. The Morgan fingerprint density at radius 1 is 1.17 bits per heavy atom. The van der Waals surface area contributed by atoms with Crippen LogP contribution < -0.4 is 9.47 Å². The number of ether oxygens (including phenoxy) is 4. The lowest BCUT2D eigenvalue weighted by molar-refractivity contribution is -0.129. The van der Waals surface area contributed by atoms with E-state index in [1.165, 1.54) is 21.1 Å². The predicted octanol–water partition coefficient (Wildman–Crippen LogP) is 6.06. The number of thiazole rings is 1. The number of aryl methyl sites for hydroxylation is 1. The monoisotopic (exact) mass is 755 g/mol. The van der Waals surface area contributed by atoms with E-state index < -0.39 is 35.7 Å². The van der Waals surface area contributed by atoms with Gasteiger partial charge in [0.25, 0.3) is 11.8 Å². The van der Waals surface area contributed by atoms with E-state index in [9.17, 15) is 19.1 Å². The Hall–Kier alpha value is -4.70. The quantitative estimate of drug-likeness (QED) is 0.202. The molecular formula is C37H46FN5O9S. The van der Waals surface area contributed by atoms with Crippen LogP contribution in [0.15, 0.2) is 34.5 Å². The topological polar surface area (TPSA) is 157 Å². The fourth-order valence-corrected chi connectivity index (χ4v) is 7.72. The molecule has 0 radical (unpaired) electrons. The van der Waals surface area contributed by atoms with Crippen LogP contribution in [0.2, 0.25) is 0 Å². The molecule has 2 aliphatic heterocycles. The Bertz CT molecular complexity index is 1870. The number of halogens is 1. The summed E-state index contributed by atoms with van der Waals surface area (Å²) >= 11 is 1.35. The summed E-state index contributed by atoms with van der Waals surface area (Å²) in [6, 6.07) is 4.15. The summed E-state index contributed by atoms with van der Waals surface area (Å²) in [5.74, 6) is -0.278. The first-order valence-corrected chi connectivity index (χ1v) is 18.6. The molecule has 2 atom stereocenters. The van der Waals surface area contributed by atoms with Gasteiger partial charge >= 0.3 is 12.2 Å². The maximum atomic E-state index is 15.0. The molecule has 4 heterocycles. The molecule has 3 aromatic rings. The molecule has 286 valence electrons. The van der Waals surface area contributed by atoms with E-state index in [2.05, 4.69) is 10.1 Å². The number of aromatic nitrogens is 2. The second kappa shape index (κ2) is 15.7. The summed E-state index contributed by atoms with van der Waals surface area (Å²) in [7, 11) is 1.61. The van der Waals surface area contributed by atoms with Crippen LogP contribution in [0.25, 0.3) is 5.57 Å². The highest BCUT2D eigenvalue weighted by Crippen LogP contribution is 2.43. The van der Waals surface area contributed by atoms with Gasteiger partial charge in [-0.15, -0.1) is 11.3 Å². The number of benzene rings is 1. The minimum atomic E-state index is -1.16. The number of carbonyl (C=O) groups is 3. The van der Waals surface area contributed by atoms with Crippen molar-refractivity contribution in [1.82, 2.24) is 24.8 Å². The van der Waals surface area contributed by atoms with Gasteiger partial charge in [-0.25, -0.2) is 14.6 Å². The number of carboxylic acid groups (broad SMARTS) is 1. The lowest BCUT2D eigenvalue weighted by Gasteiger charge is -2.50. The Kier molecular flexibility index (Phi) is 11.3. The second-order valence-corrected chi connectivity index (χ2v) is 15.5. The van der Waals surface area contributed by atoms with Crippen molar-refractivity contribution in [3.63, 3.8) is 0 Å². The molecule has 1 aliphatic carbocycles. The van der Waals surface area contributed by atoms with Crippen molar-refractivity contribution >= 4 is 35.0 Å². The molecule has 2 aromatic heterocycles. The van der Waals surface area contributed by atoms with Gasteiger partial charge in [-0.1, -0.05) is 19.1 Å². The molecule has 2 fully saturated rings. The third kappa shape index (κ3) is 8.43. The van der Waals surface area contributed by atoms with E-state index in [4.69, 9.17) is 23.5 Å². The van der Waals surface area contributed by atoms with Gasteiger partial charge in [-0.3, -0.25) is 9.69 Å². The second-order valence-electron chi connectivity index (χ2n) is 14.3. The van der Waals surface area contributed by atoms with Crippen molar-refractivity contribution in [3.05, 3.63) is 62.6 Å². The first-order valence-electron chi connectivity index (χ1n) is 17.7. The fraction of sp³-hybridized carbons (Fsp3) is 0.541. The Balaban J connectivity index is 1.30. The van der Waals surface area contributed by atoms with Gasteiger partial charge in [0, 0.05) is 43.9 Å². The molecule has 2 bridgehead atoms. The van der Waals surface area contributed by atoms with Crippen molar-refractivity contribution in [2.75, 3.05) is 33.4 Å². The number of piperazine rings is 1. The molecule has 1 saturated carbocycles. The van der Waals surface area contributed by atoms with E-state index in [1.807, 2.05) is 30.0 Å². The van der Waals surface area contributed by atoms with Crippen LogP contribution in [-0.4, -0.2) is 105 Å². The zero-order chi connectivity index (χ0) is 38.0. The molecular weight excluding hydrogens is 709 g/mol. The number of hydrogen-bond acceptors (Lipinski definition) is 11. The molecule has 1 saturated heterocycles. The summed E-state index contributed by atoms with van der Waals surface area (Å²) in [4.78, 5) is 51.2. The minimum absolute atomic E-state index is 0.0182. The summed E-state index contributed by atoms with van der Waals surface area (Å²) in [6.45, 7) is 9.71. The van der Waals surface area contributed by atoms with Gasteiger partial charge in [0.2, 0.25) is 5.82 Å². The van der Waals surface area contributed by atoms with Crippen molar-refractivity contribution in [3.8, 4) is 11.6 Å². The molecule has 1 aromatic carbocycles. The highest BCUT2D eigenvalue weighted by Gasteiger charge is 2.50.